The Bertz CT molecular complexity index is 264. The Morgan fingerprint density at radius 2 is 1.46 bits per heavy atom. The average Bonchev–Trinajstić information content (AvgIpc) is 2.02. The number of carbonyl (C=O) groups excluding carboxylic acids is 2. The highest BCUT2D eigenvalue weighted by atomic mass is 16.1. The summed E-state index contributed by atoms with van der Waals surface area (Å²) < 4.78 is 0. The molecule has 0 rings (SSSR count). The molecule has 0 fully saturated rings. The third-order valence-electron chi connectivity index (χ3n) is 1.44. The number of allylic oxidation sites excluding steroid dienone is 6. The molecule has 0 atom stereocenters. The van der Waals surface area contributed by atoms with E-state index in [1.165, 1.54) is 19.9 Å². The van der Waals surface area contributed by atoms with Crippen LogP contribution in [0.2, 0.25) is 0 Å². The van der Waals surface area contributed by atoms with E-state index < -0.39 is 0 Å². The number of hydrogen-bond acceptors (Lipinski definition) is 2. The zero-order chi connectivity index (χ0) is 10.3. The maximum absolute atomic E-state index is 10.9. The van der Waals surface area contributed by atoms with Gasteiger partial charge in [-0.3, -0.25) is 9.59 Å². The van der Waals surface area contributed by atoms with Crippen LogP contribution in [0.4, 0.5) is 0 Å². The van der Waals surface area contributed by atoms with E-state index >= 15 is 0 Å². The Morgan fingerprint density at radius 1 is 0.923 bits per heavy atom. The highest BCUT2D eigenvalue weighted by Gasteiger charge is 2.06. The Morgan fingerprint density at radius 3 is 1.85 bits per heavy atom. The molecular weight excluding hydrogens is 164 g/mol. The fraction of sp³-hybridized carbons (Fsp3) is 0.273. The molecule has 0 radical (unpaired) electrons. The van der Waals surface area contributed by atoms with Gasteiger partial charge >= 0.3 is 0 Å². The molecule has 0 bridgehead atoms. The number of Topliss-reactive ketones (excluding diaryl/α,β-unsaturated/α-hetero) is 2. The van der Waals surface area contributed by atoms with Gasteiger partial charge in [-0.15, -0.1) is 0 Å². The molecule has 0 unspecified atom stereocenters. The summed E-state index contributed by atoms with van der Waals surface area (Å²) in [6, 6.07) is 0. The zero-order valence-electron chi connectivity index (χ0n) is 8.20. The van der Waals surface area contributed by atoms with Gasteiger partial charge in [0, 0.05) is 0 Å². The number of hydrogen-bond donors (Lipinski definition) is 0. The van der Waals surface area contributed by atoms with E-state index in [0.717, 1.165) is 0 Å². The number of carbonyl (C=O) groups is 2. The van der Waals surface area contributed by atoms with Crippen LogP contribution in [0, 0.1) is 0 Å². The van der Waals surface area contributed by atoms with E-state index in [-0.39, 0.29) is 17.1 Å². The lowest BCUT2D eigenvalue weighted by molar-refractivity contribution is -0.119. The van der Waals surface area contributed by atoms with Crippen LogP contribution in [0.3, 0.4) is 0 Å². The van der Waals surface area contributed by atoms with Crippen molar-refractivity contribution < 1.29 is 9.59 Å². The van der Waals surface area contributed by atoms with Crippen LogP contribution in [0.25, 0.3) is 0 Å². The molecule has 0 aliphatic heterocycles. The van der Waals surface area contributed by atoms with Crippen molar-refractivity contribution in [2.45, 2.75) is 20.8 Å². The summed E-state index contributed by atoms with van der Waals surface area (Å²) in [4.78, 5) is 21.8. The molecule has 0 saturated carbocycles. The molecule has 0 saturated heterocycles. The van der Waals surface area contributed by atoms with Crippen molar-refractivity contribution in [3.63, 3.8) is 0 Å². The molecule has 0 aliphatic carbocycles. The number of rotatable bonds is 4. The van der Waals surface area contributed by atoms with Gasteiger partial charge in [-0.05, 0) is 26.8 Å². The second kappa shape index (κ2) is 6.12. The van der Waals surface area contributed by atoms with E-state index in [1.54, 1.807) is 12.2 Å². The van der Waals surface area contributed by atoms with E-state index in [4.69, 9.17) is 0 Å². The smallest absolute Gasteiger partial charge is 0.163 e. The first-order valence-corrected chi connectivity index (χ1v) is 4.11. The summed E-state index contributed by atoms with van der Waals surface area (Å²) in [6.45, 7) is 4.67. The standard InChI is InChI=1S/C11H14O2/c1-4-5-6-7-8-11(9(2)12)10(3)13/h4-8H,1-3H3/b5-4+,7-6+. The van der Waals surface area contributed by atoms with Crippen LogP contribution in [0.1, 0.15) is 20.8 Å². The van der Waals surface area contributed by atoms with Gasteiger partial charge < -0.3 is 0 Å². The SMILES string of the molecule is C/C=C/C=C/C=C(C(C)=O)C(C)=O. The van der Waals surface area contributed by atoms with Crippen LogP contribution in [-0.4, -0.2) is 11.6 Å². The third-order valence-corrected chi connectivity index (χ3v) is 1.44. The van der Waals surface area contributed by atoms with Crippen molar-refractivity contribution in [2.24, 2.45) is 0 Å². The fourth-order valence-corrected chi connectivity index (χ4v) is 0.810. The van der Waals surface area contributed by atoms with Crippen LogP contribution < -0.4 is 0 Å². The molecule has 70 valence electrons. The highest BCUT2D eigenvalue weighted by molar-refractivity contribution is 6.18. The molecule has 0 aromatic rings. The van der Waals surface area contributed by atoms with E-state index in [2.05, 4.69) is 0 Å². The van der Waals surface area contributed by atoms with Gasteiger partial charge in [0.1, 0.15) is 0 Å². The average molecular weight is 178 g/mol. The van der Waals surface area contributed by atoms with Crippen molar-refractivity contribution in [2.75, 3.05) is 0 Å². The van der Waals surface area contributed by atoms with Crippen LogP contribution >= 0.6 is 0 Å². The second-order valence-electron chi connectivity index (χ2n) is 2.60. The first-order chi connectivity index (χ1) is 6.09. The summed E-state index contributed by atoms with van der Waals surface area (Å²) in [5.41, 5.74) is 0.237. The topological polar surface area (TPSA) is 34.1 Å². The fourth-order valence-electron chi connectivity index (χ4n) is 0.810. The molecule has 0 amide bonds. The lowest BCUT2D eigenvalue weighted by Crippen LogP contribution is -2.05. The summed E-state index contributed by atoms with van der Waals surface area (Å²) in [7, 11) is 0. The van der Waals surface area contributed by atoms with Crippen LogP contribution in [-0.2, 0) is 9.59 Å². The van der Waals surface area contributed by atoms with Crippen molar-refractivity contribution in [3.8, 4) is 0 Å². The number of ketones is 2. The maximum Gasteiger partial charge on any atom is 0.163 e. The molecule has 0 aliphatic rings. The second-order valence-corrected chi connectivity index (χ2v) is 2.60. The Hall–Kier alpha value is -1.44. The molecule has 0 spiro atoms. The Kier molecular flexibility index (Phi) is 5.44. The predicted molar refractivity (Wildman–Crippen MR) is 53.4 cm³/mol. The first-order valence-electron chi connectivity index (χ1n) is 4.11. The van der Waals surface area contributed by atoms with Gasteiger partial charge in [0.05, 0.1) is 5.57 Å². The van der Waals surface area contributed by atoms with Gasteiger partial charge in [0.15, 0.2) is 11.6 Å². The zero-order valence-corrected chi connectivity index (χ0v) is 8.20. The van der Waals surface area contributed by atoms with Crippen LogP contribution in [0.5, 0.6) is 0 Å². The largest absolute Gasteiger partial charge is 0.294 e. The minimum atomic E-state index is -0.197. The molecule has 0 heterocycles. The maximum atomic E-state index is 10.9. The lowest BCUT2D eigenvalue weighted by atomic mass is 10.1. The molecule has 0 aromatic carbocycles. The molecule has 0 aromatic heterocycles. The summed E-state index contributed by atoms with van der Waals surface area (Å²) in [5, 5.41) is 0. The third kappa shape index (κ3) is 4.90. The monoisotopic (exact) mass is 178 g/mol. The minimum absolute atomic E-state index is 0.197. The molecular formula is C11H14O2. The summed E-state index contributed by atoms with van der Waals surface area (Å²) in [5.74, 6) is -0.393. The van der Waals surface area contributed by atoms with Crippen molar-refractivity contribution in [1.82, 2.24) is 0 Å². The van der Waals surface area contributed by atoms with E-state index in [0.29, 0.717) is 0 Å². The minimum Gasteiger partial charge on any atom is -0.294 e. The molecule has 0 N–H and O–H groups in total. The van der Waals surface area contributed by atoms with Crippen molar-refractivity contribution in [1.29, 1.82) is 0 Å². The van der Waals surface area contributed by atoms with Gasteiger partial charge in [-0.25, -0.2) is 0 Å². The predicted octanol–water partition coefficient (Wildman–Crippen LogP) is 2.22. The van der Waals surface area contributed by atoms with Gasteiger partial charge in [-0.2, -0.15) is 0 Å². The van der Waals surface area contributed by atoms with Crippen molar-refractivity contribution >= 4 is 11.6 Å². The summed E-state index contributed by atoms with van der Waals surface area (Å²) >= 11 is 0. The highest BCUT2D eigenvalue weighted by Crippen LogP contribution is 1.98. The molecule has 2 nitrogen and oxygen atoms in total. The molecule has 2 heteroatoms. The molecule has 13 heavy (non-hydrogen) atoms. The Balaban J connectivity index is 4.56. The first kappa shape index (κ1) is 11.6. The van der Waals surface area contributed by atoms with Crippen molar-refractivity contribution in [3.05, 3.63) is 36.0 Å². The van der Waals surface area contributed by atoms with Crippen LogP contribution in [0.15, 0.2) is 36.0 Å². The van der Waals surface area contributed by atoms with E-state index in [1.807, 2.05) is 19.1 Å². The normalized spacial score (nSPS) is 10.7. The lowest BCUT2D eigenvalue weighted by Gasteiger charge is -1.93. The summed E-state index contributed by atoms with van der Waals surface area (Å²) in [6.07, 6.45) is 8.68. The van der Waals surface area contributed by atoms with Gasteiger partial charge in [-0.1, -0.05) is 24.3 Å². The van der Waals surface area contributed by atoms with E-state index in [9.17, 15) is 9.59 Å². The van der Waals surface area contributed by atoms with Gasteiger partial charge in [0.2, 0.25) is 0 Å². The quantitative estimate of drug-likeness (QED) is 0.286. The Labute approximate surface area is 78.6 Å². The van der Waals surface area contributed by atoms with Gasteiger partial charge in [0.25, 0.3) is 0 Å².